The molecule has 1 unspecified atom stereocenters. The van der Waals surface area contributed by atoms with Crippen LogP contribution in [0.25, 0.3) is 0 Å². The lowest BCUT2D eigenvalue weighted by Crippen LogP contribution is -2.32. The molecule has 0 aromatic carbocycles. The van der Waals surface area contributed by atoms with Gasteiger partial charge in [0, 0.05) is 6.42 Å². The third-order valence-corrected chi connectivity index (χ3v) is 2.18. The summed E-state index contributed by atoms with van der Waals surface area (Å²) in [5.41, 5.74) is 1.91. The summed E-state index contributed by atoms with van der Waals surface area (Å²) in [5, 5.41) is 8.72. The maximum atomic E-state index is 11.3. The number of rotatable bonds is 4. The van der Waals surface area contributed by atoms with Crippen molar-refractivity contribution in [3.8, 4) is 0 Å². The number of carbonyl (C=O) groups is 3. The Morgan fingerprint density at radius 1 is 1.56 bits per heavy atom. The number of hydrogen-bond donors (Lipinski definition) is 2. The van der Waals surface area contributed by atoms with Crippen LogP contribution in [0.5, 0.6) is 0 Å². The van der Waals surface area contributed by atoms with Crippen molar-refractivity contribution in [3.05, 3.63) is 0 Å². The maximum Gasteiger partial charge on any atom is 0.327 e. The smallest absolute Gasteiger partial charge is 0.297 e. The predicted molar refractivity (Wildman–Crippen MR) is 46.1 cm³/mol. The first-order chi connectivity index (χ1) is 7.43. The lowest BCUT2D eigenvalue weighted by atomic mass is 10.0. The third kappa shape index (κ3) is 2.68. The molecule has 1 heterocycles. The van der Waals surface area contributed by atoms with Crippen molar-refractivity contribution in [2.24, 2.45) is 10.4 Å². The Hall–Kier alpha value is -1.65. The molecule has 1 aliphatic rings. The van der Waals surface area contributed by atoms with Gasteiger partial charge in [-0.25, -0.2) is 0 Å². The average Bonchev–Trinajstić information content (AvgIpc) is 2.45. The van der Waals surface area contributed by atoms with Crippen LogP contribution in [0.15, 0.2) is 4.47 Å². The van der Waals surface area contributed by atoms with Crippen molar-refractivity contribution in [3.63, 3.8) is 0 Å². The number of hydroxylamine groups is 2. The zero-order chi connectivity index (χ0) is 12.3. The van der Waals surface area contributed by atoms with Gasteiger partial charge in [0.25, 0.3) is 11.8 Å². The van der Waals surface area contributed by atoms with Gasteiger partial charge in [0.05, 0.1) is 6.54 Å². The average molecular weight is 249 g/mol. The van der Waals surface area contributed by atoms with Crippen LogP contribution in [-0.2, 0) is 24.9 Å². The molecule has 0 bridgehead atoms. The Labute approximate surface area is 90.7 Å². The van der Waals surface area contributed by atoms with Gasteiger partial charge in [-0.3, -0.25) is 19.6 Å². The van der Waals surface area contributed by atoms with Crippen LogP contribution in [0.2, 0.25) is 0 Å². The molecule has 0 aromatic rings. The topological polar surface area (TPSA) is 133 Å². The van der Waals surface area contributed by atoms with Gasteiger partial charge in [-0.05, 0) is 0 Å². The molecule has 1 rings (SSSR count). The van der Waals surface area contributed by atoms with Gasteiger partial charge in [0.1, 0.15) is 5.92 Å². The second kappa shape index (κ2) is 4.92. The number of imide groups is 1. The Morgan fingerprint density at radius 2 is 2.19 bits per heavy atom. The van der Waals surface area contributed by atoms with Crippen molar-refractivity contribution in [2.75, 3.05) is 6.54 Å². The number of Topliss-reactive ketones (excluding diaryl/α,β-unsaturated/α-hetero) is 1. The van der Waals surface area contributed by atoms with Gasteiger partial charge in [-0.1, -0.05) is 4.47 Å². The molecule has 10 heteroatoms. The molecule has 1 aliphatic heterocycles. The standard InChI is InChI=1S/C6H7N3O6S/c10-4(2-7-8-16(14)15)3-1-5(11)9(13)6(3)12/h3,7,13H,1-2H2. The molecule has 1 atom stereocenters. The van der Waals surface area contributed by atoms with Crippen molar-refractivity contribution in [1.29, 1.82) is 0 Å². The van der Waals surface area contributed by atoms with E-state index in [1.165, 1.54) is 0 Å². The van der Waals surface area contributed by atoms with Crippen molar-refractivity contribution >= 4 is 28.1 Å². The fraction of sp³-hybridized carbons (Fsp3) is 0.500. The van der Waals surface area contributed by atoms with Crippen molar-refractivity contribution in [1.82, 2.24) is 10.5 Å². The summed E-state index contributed by atoms with van der Waals surface area (Å²) in [4.78, 5) is 33.2. The number of hydrogen-bond acceptors (Lipinski definition) is 7. The molecule has 1 fully saturated rings. The quantitative estimate of drug-likeness (QED) is 0.252. The molecule has 0 saturated carbocycles. The van der Waals surface area contributed by atoms with Gasteiger partial charge in [-0.15, -0.1) is 0 Å². The van der Waals surface area contributed by atoms with Crippen LogP contribution in [-0.4, -0.2) is 42.8 Å². The lowest BCUT2D eigenvalue weighted by molar-refractivity contribution is -0.172. The minimum Gasteiger partial charge on any atom is -0.297 e. The summed E-state index contributed by atoms with van der Waals surface area (Å²) in [6.45, 7) is -0.508. The van der Waals surface area contributed by atoms with Crippen LogP contribution in [0.4, 0.5) is 0 Å². The Morgan fingerprint density at radius 3 is 2.62 bits per heavy atom. The van der Waals surface area contributed by atoms with E-state index < -0.39 is 47.0 Å². The Balaban J connectivity index is 2.59. The van der Waals surface area contributed by atoms with Gasteiger partial charge in [-0.2, -0.15) is 18.9 Å². The van der Waals surface area contributed by atoms with Crippen LogP contribution in [0.3, 0.4) is 0 Å². The normalized spacial score (nSPS) is 20.1. The molecule has 88 valence electrons. The highest BCUT2D eigenvalue weighted by Gasteiger charge is 2.42. The molecule has 0 radical (unpaired) electrons. The van der Waals surface area contributed by atoms with E-state index in [0.717, 1.165) is 0 Å². The molecule has 0 aromatic heterocycles. The van der Waals surface area contributed by atoms with E-state index in [0.29, 0.717) is 0 Å². The number of nitrogens with zero attached hydrogens (tertiary/aromatic N) is 2. The molecule has 16 heavy (non-hydrogen) atoms. The highest BCUT2D eigenvalue weighted by Crippen LogP contribution is 2.18. The van der Waals surface area contributed by atoms with E-state index in [2.05, 4.69) is 4.47 Å². The summed E-state index contributed by atoms with van der Waals surface area (Å²) >= 11 is 0. The van der Waals surface area contributed by atoms with Gasteiger partial charge in [0.15, 0.2) is 5.78 Å². The van der Waals surface area contributed by atoms with Crippen molar-refractivity contribution in [2.45, 2.75) is 6.42 Å². The Kier molecular flexibility index (Phi) is 3.82. The molecule has 1 saturated heterocycles. The van der Waals surface area contributed by atoms with E-state index in [1.54, 1.807) is 0 Å². The zero-order valence-electron chi connectivity index (χ0n) is 7.78. The van der Waals surface area contributed by atoms with Gasteiger partial charge < -0.3 is 0 Å². The lowest BCUT2D eigenvalue weighted by Gasteiger charge is -2.04. The molecule has 2 N–H and O–H groups in total. The summed E-state index contributed by atoms with van der Waals surface area (Å²) in [7, 11) is -2.71. The van der Waals surface area contributed by atoms with E-state index in [-0.39, 0.29) is 5.06 Å². The van der Waals surface area contributed by atoms with Gasteiger partial charge >= 0.3 is 10.5 Å². The summed E-state index contributed by atoms with van der Waals surface area (Å²) in [6.07, 6.45) is -0.420. The molecule has 2 amide bonds. The highest BCUT2D eigenvalue weighted by molar-refractivity contribution is 7.61. The molecular weight excluding hydrogens is 242 g/mol. The predicted octanol–water partition coefficient (Wildman–Crippen LogP) is -2.11. The fourth-order valence-electron chi connectivity index (χ4n) is 1.16. The van der Waals surface area contributed by atoms with E-state index in [9.17, 15) is 22.8 Å². The summed E-state index contributed by atoms with van der Waals surface area (Å²) in [5.74, 6) is -3.88. The summed E-state index contributed by atoms with van der Waals surface area (Å²) in [6, 6.07) is 0. The van der Waals surface area contributed by atoms with Crippen molar-refractivity contribution < 1.29 is 28.0 Å². The monoisotopic (exact) mass is 249 g/mol. The van der Waals surface area contributed by atoms with E-state index in [1.807, 2.05) is 5.43 Å². The Bertz CT molecular complexity index is 461. The highest BCUT2D eigenvalue weighted by atomic mass is 32.2. The second-order valence-electron chi connectivity index (χ2n) is 2.91. The van der Waals surface area contributed by atoms with Gasteiger partial charge in [0.2, 0.25) is 0 Å². The first-order valence-corrected chi connectivity index (χ1v) is 5.08. The number of nitrogens with one attached hydrogen (secondary N) is 1. The molecular formula is C6H7N3O6S. The van der Waals surface area contributed by atoms with Crippen LogP contribution < -0.4 is 5.43 Å². The number of ketones is 1. The summed E-state index contributed by atoms with van der Waals surface area (Å²) < 4.78 is 22.7. The maximum absolute atomic E-state index is 11.3. The molecule has 0 spiro atoms. The van der Waals surface area contributed by atoms with Crippen LogP contribution >= 0.6 is 0 Å². The third-order valence-electron chi connectivity index (χ3n) is 1.90. The first kappa shape index (κ1) is 12.4. The number of carbonyl (C=O) groups excluding carboxylic acids is 3. The molecule has 9 nitrogen and oxygen atoms in total. The van der Waals surface area contributed by atoms with Crippen LogP contribution in [0.1, 0.15) is 6.42 Å². The first-order valence-electron chi connectivity index (χ1n) is 4.05. The minimum atomic E-state index is -2.71. The van der Waals surface area contributed by atoms with E-state index in [4.69, 9.17) is 5.21 Å². The molecule has 0 aliphatic carbocycles. The van der Waals surface area contributed by atoms with Crippen LogP contribution in [0, 0.1) is 5.92 Å². The zero-order valence-corrected chi connectivity index (χ0v) is 8.60. The SMILES string of the molecule is O=C(CNN=S(=O)=O)C1CC(=O)N(O)C1=O. The minimum absolute atomic E-state index is 0.120. The largest absolute Gasteiger partial charge is 0.327 e. The van der Waals surface area contributed by atoms with E-state index >= 15 is 0 Å². The fourth-order valence-corrected chi connectivity index (χ4v) is 1.33. The second-order valence-corrected chi connectivity index (χ2v) is 3.53. The number of amides is 2.